The molecule has 1 aromatic heterocycles. The van der Waals surface area contributed by atoms with Crippen LogP contribution in [-0.4, -0.2) is 34.9 Å². The molecule has 1 aliphatic carbocycles. The van der Waals surface area contributed by atoms with E-state index >= 15 is 0 Å². The third kappa shape index (κ3) is 3.73. The summed E-state index contributed by atoms with van der Waals surface area (Å²) in [5, 5.41) is 10.4. The Morgan fingerprint density at radius 1 is 1.31 bits per heavy atom. The van der Waals surface area contributed by atoms with Gasteiger partial charge < -0.3 is 10.1 Å². The molecule has 7 heteroatoms. The summed E-state index contributed by atoms with van der Waals surface area (Å²) in [6, 6.07) is 0. The predicted molar refractivity (Wildman–Crippen MR) is 61.9 cm³/mol. The quantitative estimate of drug-likeness (QED) is 0.795. The molecule has 0 bridgehead atoms. The second-order valence-electron chi connectivity index (χ2n) is 3.67. The fourth-order valence-electron chi connectivity index (χ4n) is 1.18. The predicted octanol–water partition coefficient (Wildman–Crippen LogP) is 2.02. The number of hydrogen-bond donors (Lipinski definition) is 1. The van der Waals surface area contributed by atoms with Gasteiger partial charge in [-0.15, -0.1) is 10.2 Å². The molecule has 1 aliphatic rings. The number of hydrogen-bond acceptors (Lipinski definition) is 5. The highest BCUT2D eigenvalue weighted by molar-refractivity contribution is 6.32. The lowest BCUT2D eigenvalue weighted by atomic mass is 10.5. The lowest BCUT2D eigenvalue weighted by molar-refractivity contribution is 0.134. The first kappa shape index (κ1) is 11.8. The van der Waals surface area contributed by atoms with Crippen molar-refractivity contribution in [2.45, 2.75) is 12.8 Å². The molecule has 0 aliphatic heterocycles. The van der Waals surface area contributed by atoms with Crippen LogP contribution in [0.4, 0.5) is 5.82 Å². The number of nitrogens with zero attached hydrogens (tertiary/aromatic N) is 3. The molecule has 1 heterocycles. The van der Waals surface area contributed by atoms with Crippen molar-refractivity contribution in [1.82, 2.24) is 15.2 Å². The highest BCUT2D eigenvalue weighted by Gasteiger charge is 2.20. The van der Waals surface area contributed by atoms with Crippen LogP contribution in [0.3, 0.4) is 0 Å². The van der Waals surface area contributed by atoms with Crippen molar-refractivity contribution in [2.24, 2.45) is 5.92 Å². The van der Waals surface area contributed by atoms with E-state index in [1.807, 2.05) is 0 Å². The topological polar surface area (TPSA) is 59.9 Å². The van der Waals surface area contributed by atoms with Crippen molar-refractivity contribution >= 4 is 29.0 Å². The van der Waals surface area contributed by atoms with Gasteiger partial charge in [0.1, 0.15) is 0 Å². The first-order chi connectivity index (χ1) is 7.75. The molecule has 0 aromatic carbocycles. The third-order valence-corrected chi connectivity index (χ3v) is 2.62. The highest BCUT2D eigenvalue weighted by atomic mass is 35.5. The summed E-state index contributed by atoms with van der Waals surface area (Å²) in [6.07, 6.45) is 2.59. The molecule has 0 radical (unpaired) electrons. The van der Waals surface area contributed by atoms with E-state index in [2.05, 4.69) is 20.5 Å². The van der Waals surface area contributed by atoms with Crippen molar-refractivity contribution in [3.63, 3.8) is 0 Å². The van der Waals surface area contributed by atoms with E-state index < -0.39 is 0 Å². The molecule has 16 heavy (non-hydrogen) atoms. The minimum atomic E-state index is 0.0748. The van der Waals surface area contributed by atoms with Gasteiger partial charge >= 0.3 is 0 Å². The van der Waals surface area contributed by atoms with Gasteiger partial charge in [-0.1, -0.05) is 11.6 Å². The maximum atomic E-state index is 5.77. The van der Waals surface area contributed by atoms with Crippen LogP contribution < -0.4 is 5.32 Å². The molecule has 0 amide bonds. The molecule has 0 unspecified atom stereocenters. The molecule has 88 valence electrons. The molecule has 5 nitrogen and oxygen atoms in total. The molecule has 1 aromatic rings. The van der Waals surface area contributed by atoms with E-state index in [0.717, 1.165) is 12.5 Å². The average Bonchev–Trinajstić information content (AvgIpc) is 3.06. The monoisotopic (exact) mass is 262 g/mol. The lowest BCUT2D eigenvalue weighted by Gasteiger charge is -2.06. The first-order valence-corrected chi connectivity index (χ1v) is 5.88. The van der Waals surface area contributed by atoms with Crippen molar-refractivity contribution in [3.05, 3.63) is 10.4 Å². The van der Waals surface area contributed by atoms with Gasteiger partial charge in [-0.05, 0) is 30.4 Å². The Labute approximate surface area is 104 Å². The van der Waals surface area contributed by atoms with Crippen molar-refractivity contribution in [3.8, 4) is 0 Å². The molecule has 0 spiro atoms. The fourth-order valence-corrected chi connectivity index (χ4v) is 1.45. The van der Waals surface area contributed by atoms with Crippen LogP contribution in [0.25, 0.3) is 0 Å². The Bertz CT molecular complexity index is 359. The van der Waals surface area contributed by atoms with Gasteiger partial charge in [0.2, 0.25) is 5.28 Å². The van der Waals surface area contributed by atoms with E-state index in [1.54, 1.807) is 0 Å². The maximum Gasteiger partial charge on any atom is 0.245 e. The number of nitrogens with one attached hydrogen (secondary N) is 1. The molecule has 2 rings (SSSR count). The van der Waals surface area contributed by atoms with Gasteiger partial charge in [-0.2, -0.15) is 4.98 Å². The third-order valence-electron chi connectivity index (χ3n) is 2.21. The molecule has 1 saturated carbocycles. The van der Waals surface area contributed by atoms with Gasteiger partial charge in [0.05, 0.1) is 6.61 Å². The zero-order valence-electron chi connectivity index (χ0n) is 8.62. The van der Waals surface area contributed by atoms with E-state index in [4.69, 9.17) is 27.9 Å². The van der Waals surface area contributed by atoms with Gasteiger partial charge in [0, 0.05) is 13.2 Å². The Hall–Kier alpha value is -0.650. The zero-order chi connectivity index (χ0) is 11.4. The Kier molecular flexibility index (Phi) is 4.15. The fraction of sp³-hybridized carbons (Fsp3) is 0.667. The van der Waals surface area contributed by atoms with Crippen LogP contribution in [0.15, 0.2) is 0 Å². The number of rotatable bonds is 6. The summed E-state index contributed by atoms with van der Waals surface area (Å²) >= 11 is 11.4. The number of ether oxygens (including phenoxy) is 1. The van der Waals surface area contributed by atoms with Crippen molar-refractivity contribution in [2.75, 3.05) is 25.1 Å². The van der Waals surface area contributed by atoms with E-state index in [9.17, 15) is 0 Å². The Morgan fingerprint density at radius 2 is 2.12 bits per heavy atom. The van der Waals surface area contributed by atoms with Gasteiger partial charge in [0.15, 0.2) is 11.0 Å². The minimum Gasteiger partial charge on any atom is -0.379 e. The molecular formula is C9H12Cl2N4O. The minimum absolute atomic E-state index is 0.0748. The van der Waals surface area contributed by atoms with Crippen LogP contribution in [0, 0.1) is 5.92 Å². The zero-order valence-corrected chi connectivity index (χ0v) is 10.1. The van der Waals surface area contributed by atoms with Crippen molar-refractivity contribution in [1.29, 1.82) is 0 Å². The second kappa shape index (κ2) is 5.61. The van der Waals surface area contributed by atoms with Crippen LogP contribution >= 0.6 is 23.2 Å². The number of anilines is 1. The summed E-state index contributed by atoms with van der Waals surface area (Å²) in [5.41, 5.74) is 0. The summed E-state index contributed by atoms with van der Waals surface area (Å²) in [6.45, 7) is 2.09. The maximum absolute atomic E-state index is 5.77. The SMILES string of the molecule is Clc1nnc(Cl)c(NCCOCC2CC2)n1. The smallest absolute Gasteiger partial charge is 0.245 e. The van der Waals surface area contributed by atoms with Crippen LogP contribution in [-0.2, 0) is 4.74 Å². The normalized spacial score (nSPS) is 15.1. The van der Waals surface area contributed by atoms with Gasteiger partial charge in [-0.25, -0.2) is 0 Å². The number of halogens is 2. The molecule has 1 fully saturated rings. The summed E-state index contributed by atoms with van der Waals surface area (Å²) in [4.78, 5) is 3.91. The molecule has 0 atom stereocenters. The second-order valence-corrected chi connectivity index (χ2v) is 4.36. The van der Waals surface area contributed by atoms with Crippen molar-refractivity contribution < 1.29 is 4.74 Å². The lowest BCUT2D eigenvalue weighted by Crippen LogP contribution is -2.12. The molecule has 1 N–H and O–H groups in total. The number of aromatic nitrogens is 3. The van der Waals surface area contributed by atoms with Crippen LogP contribution in [0.1, 0.15) is 12.8 Å². The van der Waals surface area contributed by atoms with E-state index in [1.165, 1.54) is 12.8 Å². The van der Waals surface area contributed by atoms with Crippen LogP contribution in [0.5, 0.6) is 0 Å². The molecular weight excluding hydrogens is 251 g/mol. The largest absolute Gasteiger partial charge is 0.379 e. The van der Waals surface area contributed by atoms with E-state index in [0.29, 0.717) is 19.0 Å². The molecule has 0 saturated heterocycles. The highest BCUT2D eigenvalue weighted by Crippen LogP contribution is 2.28. The Balaban J connectivity index is 1.69. The summed E-state index contributed by atoms with van der Waals surface area (Å²) in [5.74, 6) is 1.22. The van der Waals surface area contributed by atoms with Gasteiger partial charge in [0.25, 0.3) is 0 Å². The summed E-state index contributed by atoms with van der Waals surface area (Å²) < 4.78 is 5.45. The first-order valence-electron chi connectivity index (χ1n) is 5.13. The standard InChI is InChI=1S/C9H12Cl2N4O/c10-7-8(13-9(11)15-14-7)12-3-4-16-5-6-1-2-6/h6H,1-5H2,(H,12,13,15). The Morgan fingerprint density at radius 3 is 2.88 bits per heavy atom. The van der Waals surface area contributed by atoms with E-state index in [-0.39, 0.29) is 10.4 Å². The van der Waals surface area contributed by atoms with Gasteiger partial charge in [-0.3, -0.25) is 0 Å². The average molecular weight is 263 g/mol. The summed E-state index contributed by atoms with van der Waals surface area (Å²) in [7, 11) is 0. The van der Waals surface area contributed by atoms with Crippen LogP contribution in [0.2, 0.25) is 10.4 Å².